The van der Waals surface area contributed by atoms with Gasteiger partial charge in [0.15, 0.2) is 23.1 Å². The number of carbonyl (C=O) groups is 1. The van der Waals surface area contributed by atoms with E-state index in [0.717, 1.165) is 11.0 Å². The van der Waals surface area contributed by atoms with Gasteiger partial charge in [-0.05, 0) is 25.9 Å². The molecular weight excluding hydrogens is 398 g/mol. The largest absolute Gasteiger partial charge is 0.493 e. The number of halogens is 2. The number of amides is 2. The second kappa shape index (κ2) is 7.90. The van der Waals surface area contributed by atoms with Gasteiger partial charge in [-0.15, -0.1) is 0 Å². The maximum atomic E-state index is 15.1. The SMILES string of the molecule is COc1cc(OC)c(F)c(N2Cc3cnc(N)nc3N(C3CCNCC3)C2=O)c1F. The number of ether oxygens (including phenoxy) is 2. The molecule has 0 unspecified atom stereocenters. The van der Waals surface area contributed by atoms with Gasteiger partial charge < -0.3 is 20.5 Å². The molecule has 11 heteroatoms. The molecule has 9 nitrogen and oxygen atoms in total. The van der Waals surface area contributed by atoms with Gasteiger partial charge in [-0.2, -0.15) is 4.98 Å². The van der Waals surface area contributed by atoms with Crippen molar-refractivity contribution in [2.24, 2.45) is 0 Å². The molecule has 2 aliphatic heterocycles. The number of rotatable bonds is 4. The number of fused-ring (bicyclic) bond motifs is 1. The van der Waals surface area contributed by atoms with E-state index in [1.54, 1.807) is 0 Å². The normalized spacial score (nSPS) is 17.1. The Morgan fingerprint density at radius 3 is 2.40 bits per heavy atom. The number of methoxy groups -OCH3 is 2. The maximum absolute atomic E-state index is 15.1. The Labute approximate surface area is 171 Å². The average molecular weight is 420 g/mol. The standard InChI is InChI=1S/C19H22F2N6O3/c1-29-12-7-13(30-2)15(21)16(14(12)20)26-9-10-8-24-18(22)25-17(10)27(19(26)28)11-3-5-23-6-4-11/h7-8,11,23H,3-6,9H2,1-2H3,(H2,22,24,25). The van der Waals surface area contributed by atoms with Crippen LogP contribution in [-0.4, -0.2) is 49.4 Å². The van der Waals surface area contributed by atoms with E-state index >= 15 is 8.78 Å². The second-order valence-electron chi connectivity index (χ2n) is 7.05. The molecule has 0 aliphatic carbocycles. The summed E-state index contributed by atoms with van der Waals surface area (Å²) in [5.74, 6) is -2.06. The van der Waals surface area contributed by atoms with Crippen LogP contribution in [0.2, 0.25) is 0 Å². The van der Waals surface area contributed by atoms with Gasteiger partial charge in [-0.25, -0.2) is 18.6 Å². The van der Waals surface area contributed by atoms with E-state index in [4.69, 9.17) is 15.2 Å². The van der Waals surface area contributed by atoms with Gasteiger partial charge in [-0.1, -0.05) is 0 Å². The highest BCUT2D eigenvalue weighted by atomic mass is 19.1. The fraction of sp³-hybridized carbons (Fsp3) is 0.421. The van der Waals surface area contributed by atoms with Gasteiger partial charge in [-0.3, -0.25) is 9.80 Å². The average Bonchev–Trinajstić information content (AvgIpc) is 2.75. The predicted molar refractivity (Wildman–Crippen MR) is 106 cm³/mol. The summed E-state index contributed by atoms with van der Waals surface area (Å²) in [6, 6.07) is 0.305. The van der Waals surface area contributed by atoms with Gasteiger partial charge in [0.1, 0.15) is 11.5 Å². The minimum absolute atomic E-state index is 0.0225. The van der Waals surface area contributed by atoms with Crippen LogP contribution in [0.15, 0.2) is 12.3 Å². The number of anilines is 3. The lowest BCUT2D eigenvalue weighted by atomic mass is 10.0. The molecule has 1 aromatic heterocycles. The van der Waals surface area contributed by atoms with E-state index in [0.29, 0.717) is 37.3 Å². The van der Waals surface area contributed by atoms with Crippen molar-refractivity contribution in [2.75, 3.05) is 42.8 Å². The van der Waals surface area contributed by atoms with Crippen LogP contribution < -0.4 is 30.3 Å². The highest BCUT2D eigenvalue weighted by Crippen LogP contribution is 2.41. The summed E-state index contributed by atoms with van der Waals surface area (Å²) >= 11 is 0. The zero-order valence-corrected chi connectivity index (χ0v) is 16.6. The van der Waals surface area contributed by atoms with Crippen molar-refractivity contribution in [2.45, 2.75) is 25.4 Å². The Bertz CT molecular complexity index is 955. The number of benzene rings is 1. The summed E-state index contributed by atoms with van der Waals surface area (Å²) in [5.41, 5.74) is 5.74. The highest BCUT2D eigenvalue weighted by Gasteiger charge is 2.40. The molecule has 1 saturated heterocycles. The van der Waals surface area contributed by atoms with Crippen LogP contribution in [0.25, 0.3) is 0 Å². The molecule has 2 aliphatic rings. The number of carbonyl (C=O) groups excluding carboxylic acids is 1. The van der Waals surface area contributed by atoms with Crippen molar-refractivity contribution >= 4 is 23.5 Å². The molecule has 30 heavy (non-hydrogen) atoms. The van der Waals surface area contributed by atoms with E-state index in [1.807, 2.05) is 0 Å². The smallest absolute Gasteiger partial charge is 0.330 e. The fourth-order valence-electron chi connectivity index (χ4n) is 3.87. The van der Waals surface area contributed by atoms with E-state index in [9.17, 15) is 4.79 Å². The van der Waals surface area contributed by atoms with Gasteiger partial charge in [0.25, 0.3) is 0 Å². The molecule has 0 bridgehead atoms. The first-order chi connectivity index (χ1) is 14.5. The fourth-order valence-corrected chi connectivity index (χ4v) is 3.87. The van der Waals surface area contributed by atoms with Crippen LogP contribution in [-0.2, 0) is 6.54 Å². The zero-order valence-electron chi connectivity index (χ0n) is 16.6. The number of nitrogen functional groups attached to an aromatic ring is 1. The number of nitrogens with zero attached hydrogens (tertiary/aromatic N) is 4. The van der Waals surface area contributed by atoms with Crippen molar-refractivity contribution in [3.8, 4) is 11.5 Å². The number of nitrogens with two attached hydrogens (primary N) is 1. The van der Waals surface area contributed by atoms with Crippen LogP contribution in [0, 0.1) is 11.6 Å². The molecule has 4 rings (SSSR count). The number of urea groups is 1. The molecule has 0 spiro atoms. The molecule has 1 fully saturated rings. The summed E-state index contributed by atoms with van der Waals surface area (Å²) in [4.78, 5) is 24.2. The first-order valence-electron chi connectivity index (χ1n) is 9.49. The Morgan fingerprint density at radius 2 is 1.80 bits per heavy atom. The Kier molecular flexibility index (Phi) is 5.29. The van der Waals surface area contributed by atoms with E-state index < -0.39 is 23.4 Å². The molecule has 2 amide bonds. The molecular formula is C19H22F2N6O3. The van der Waals surface area contributed by atoms with Crippen molar-refractivity contribution in [3.05, 3.63) is 29.5 Å². The lowest BCUT2D eigenvalue weighted by molar-refractivity contribution is 0.244. The molecule has 0 radical (unpaired) electrons. The first kappa shape index (κ1) is 20.1. The van der Waals surface area contributed by atoms with E-state index in [-0.39, 0.29) is 30.0 Å². The number of hydrogen-bond acceptors (Lipinski definition) is 7. The van der Waals surface area contributed by atoms with Crippen molar-refractivity contribution in [1.82, 2.24) is 15.3 Å². The molecule has 160 valence electrons. The van der Waals surface area contributed by atoms with Gasteiger partial charge in [0.2, 0.25) is 5.95 Å². The van der Waals surface area contributed by atoms with Crippen LogP contribution in [0.3, 0.4) is 0 Å². The van der Waals surface area contributed by atoms with E-state index in [2.05, 4.69) is 15.3 Å². The molecule has 3 N–H and O–H groups in total. The molecule has 2 aromatic rings. The quantitative estimate of drug-likeness (QED) is 0.780. The van der Waals surface area contributed by atoms with Crippen LogP contribution in [0.1, 0.15) is 18.4 Å². The van der Waals surface area contributed by atoms with Gasteiger partial charge >= 0.3 is 6.03 Å². The third kappa shape index (κ3) is 3.24. The Hall–Kier alpha value is -3.21. The lowest BCUT2D eigenvalue weighted by Gasteiger charge is -2.41. The molecule has 1 aromatic carbocycles. The maximum Gasteiger partial charge on any atom is 0.330 e. The minimum Gasteiger partial charge on any atom is -0.493 e. The van der Waals surface area contributed by atoms with Crippen LogP contribution in [0.4, 0.5) is 31.0 Å². The zero-order chi connectivity index (χ0) is 21.4. The van der Waals surface area contributed by atoms with Gasteiger partial charge in [0, 0.05) is 23.9 Å². The first-order valence-corrected chi connectivity index (χ1v) is 9.49. The summed E-state index contributed by atoms with van der Waals surface area (Å²) in [7, 11) is 2.51. The number of nitrogens with one attached hydrogen (secondary N) is 1. The highest BCUT2D eigenvalue weighted by molar-refractivity contribution is 6.06. The molecule has 3 heterocycles. The van der Waals surface area contributed by atoms with Crippen molar-refractivity contribution < 1.29 is 23.0 Å². The number of hydrogen-bond donors (Lipinski definition) is 2. The Balaban J connectivity index is 1.86. The summed E-state index contributed by atoms with van der Waals surface area (Å²) in [5, 5.41) is 3.23. The third-order valence-corrected chi connectivity index (χ3v) is 5.35. The third-order valence-electron chi connectivity index (χ3n) is 5.35. The second-order valence-corrected chi connectivity index (χ2v) is 7.05. The summed E-state index contributed by atoms with van der Waals surface area (Å²) < 4.78 is 40.3. The number of aromatic nitrogens is 2. The monoisotopic (exact) mass is 420 g/mol. The van der Waals surface area contributed by atoms with Gasteiger partial charge in [0.05, 0.1) is 20.8 Å². The lowest BCUT2D eigenvalue weighted by Crippen LogP contribution is -2.55. The topological polar surface area (TPSA) is 106 Å². The predicted octanol–water partition coefficient (Wildman–Crippen LogP) is 2.05. The molecule has 0 saturated carbocycles. The van der Waals surface area contributed by atoms with Crippen molar-refractivity contribution in [3.63, 3.8) is 0 Å². The van der Waals surface area contributed by atoms with E-state index in [1.165, 1.54) is 25.3 Å². The minimum atomic E-state index is -0.991. The molecule has 0 atom stereocenters. The van der Waals surface area contributed by atoms with Crippen LogP contribution in [0.5, 0.6) is 11.5 Å². The number of piperidine rings is 1. The van der Waals surface area contributed by atoms with Crippen molar-refractivity contribution in [1.29, 1.82) is 0 Å². The summed E-state index contributed by atoms with van der Waals surface area (Å²) in [6.07, 6.45) is 2.79. The Morgan fingerprint density at radius 1 is 1.17 bits per heavy atom. The summed E-state index contributed by atoms with van der Waals surface area (Å²) in [6.45, 7) is 1.29. The van der Waals surface area contributed by atoms with Crippen LogP contribution >= 0.6 is 0 Å².